The maximum absolute atomic E-state index is 15.0. The van der Waals surface area contributed by atoms with Crippen molar-refractivity contribution in [2.24, 2.45) is 45.8 Å². The lowest BCUT2D eigenvalue weighted by molar-refractivity contribution is -0.153. The minimum atomic E-state index is -0.845. The van der Waals surface area contributed by atoms with E-state index < -0.39 is 46.7 Å². The van der Waals surface area contributed by atoms with Crippen LogP contribution in [-0.2, 0) is 28.8 Å². The third-order valence-corrected chi connectivity index (χ3v) is 14.1. The molecule has 300 valence electrons. The largest absolute Gasteiger partial charge is 0.333 e. The van der Waals surface area contributed by atoms with Gasteiger partial charge in [-0.1, -0.05) is 67.2 Å². The number of hydrogen-bond acceptors (Lipinski definition) is 7. The van der Waals surface area contributed by atoms with E-state index in [-0.39, 0.29) is 84.7 Å². The molecule has 6 atom stereocenters. The molecule has 1 spiro atoms. The Bertz CT molecular complexity index is 1480. The van der Waals surface area contributed by atoms with E-state index in [2.05, 4.69) is 10.6 Å². The molecule has 0 radical (unpaired) electrons. The quantitative estimate of drug-likeness (QED) is 0.151. The fourth-order valence-corrected chi connectivity index (χ4v) is 10.4. The average Bonchev–Trinajstić information content (AvgIpc) is 4.01. The molecular formula is C43H66N4O7. The lowest BCUT2D eigenvalue weighted by Gasteiger charge is -2.40. The Morgan fingerprint density at radius 3 is 2.09 bits per heavy atom. The summed E-state index contributed by atoms with van der Waals surface area (Å²) in [4.78, 5) is 99.1. The second kappa shape index (κ2) is 15.8. The second-order valence-corrected chi connectivity index (χ2v) is 20.0. The molecule has 54 heavy (non-hydrogen) atoms. The summed E-state index contributed by atoms with van der Waals surface area (Å²) in [6, 6.07) is -2.62. The molecule has 2 saturated heterocycles. The van der Waals surface area contributed by atoms with Crippen LogP contribution in [0.2, 0.25) is 0 Å². The molecule has 6 aliphatic rings. The Balaban J connectivity index is 1.21. The van der Waals surface area contributed by atoms with Crippen LogP contribution in [0.25, 0.3) is 0 Å². The highest BCUT2D eigenvalue weighted by molar-refractivity contribution is 6.38. The molecule has 11 heteroatoms. The molecule has 0 aromatic carbocycles. The van der Waals surface area contributed by atoms with E-state index in [0.29, 0.717) is 25.3 Å². The van der Waals surface area contributed by atoms with Gasteiger partial charge in [0.05, 0.1) is 12.1 Å². The summed E-state index contributed by atoms with van der Waals surface area (Å²) in [6.07, 6.45) is 12.5. The molecule has 4 saturated carbocycles. The van der Waals surface area contributed by atoms with Crippen molar-refractivity contribution < 1.29 is 33.6 Å². The first-order valence-corrected chi connectivity index (χ1v) is 21.2. The molecule has 6 rings (SSSR count). The van der Waals surface area contributed by atoms with Gasteiger partial charge in [0.15, 0.2) is 11.6 Å². The maximum atomic E-state index is 15.0. The maximum Gasteiger partial charge on any atom is 0.315 e. The lowest BCUT2D eigenvalue weighted by Crippen LogP contribution is -2.61. The van der Waals surface area contributed by atoms with Crippen LogP contribution in [0.5, 0.6) is 0 Å². The number of nitrogens with zero attached hydrogens (tertiary/aromatic N) is 2. The van der Waals surface area contributed by atoms with Gasteiger partial charge in [-0.15, -0.1) is 0 Å². The Labute approximate surface area is 322 Å². The zero-order valence-corrected chi connectivity index (χ0v) is 33.8. The monoisotopic (exact) mass is 750 g/mol. The van der Waals surface area contributed by atoms with Crippen LogP contribution < -0.4 is 10.6 Å². The number of Topliss-reactive ketones (excluding diaryl/α,β-unsaturated/α-hetero) is 3. The SMILES string of the molecule is CCCC(CC(=O)[C@@H]1[C@H]2CCC3(CC3)[C@H]2CN1C(=O)[C@@H](NC(=O)N[C@H](CN1C(=O)CC(C)(C)CC1=O)C(C)(C)C)C1CCCCC1)C(=O)C(=O)CC1CC1. The van der Waals surface area contributed by atoms with E-state index >= 15 is 0 Å². The van der Waals surface area contributed by atoms with E-state index in [1.807, 2.05) is 41.5 Å². The summed E-state index contributed by atoms with van der Waals surface area (Å²) in [5, 5.41) is 6.13. The van der Waals surface area contributed by atoms with Gasteiger partial charge in [0.25, 0.3) is 0 Å². The molecule has 0 aromatic rings. The number of hydrogen-bond donors (Lipinski definition) is 2. The number of rotatable bonds is 15. The molecule has 1 unspecified atom stereocenters. The van der Waals surface area contributed by atoms with Gasteiger partial charge in [-0.2, -0.15) is 0 Å². The van der Waals surface area contributed by atoms with Crippen molar-refractivity contribution in [3.05, 3.63) is 0 Å². The number of amides is 5. The molecule has 4 aliphatic carbocycles. The normalized spacial score (nSPS) is 28.0. The fourth-order valence-electron chi connectivity index (χ4n) is 10.4. The fraction of sp³-hybridized carbons (Fsp3) is 0.837. The zero-order valence-electron chi connectivity index (χ0n) is 33.8. The Morgan fingerprint density at radius 1 is 0.870 bits per heavy atom. The van der Waals surface area contributed by atoms with Gasteiger partial charge in [0.2, 0.25) is 23.5 Å². The molecule has 2 aliphatic heterocycles. The van der Waals surface area contributed by atoms with Crippen molar-refractivity contribution in [2.75, 3.05) is 13.1 Å². The van der Waals surface area contributed by atoms with Gasteiger partial charge in [-0.25, -0.2) is 4.79 Å². The smallest absolute Gasteiger partial charge is 0.315 e. The second-order valence-electron chi connectivity index (χ2n) is 20.0. The highest BCUT2D eigenvalue weighted by Crippen LogP contribution is 2.66. The number of fused-ring (bicyclic) bond motifs is 2. The number of carbonyl (C=O) groups is 7. The van der Waals surface area contributed by atoms with Crippen LogP contribution in [-0.4, -0.2) is 82.1 Å². The summed E-state index contributed by atoms with van der Waals surface area (Å²) >= 11 is 0. The molecule has 5 amide bonds. The van der Waals surface area contributed by atoms with Gasteiger partial charge < -0.3 is 15.5 Å². The average molecular weight is 751 g/mol. The molecule has 0 aromatic heterocycles. The van der Waals surface area contributed by atoms with Crippen LogP contribution >= 0.6 is 0 Å². The number of likely N-dealkylation sites (tertiary alicyclic amines) is 2. The van der Waals surface area contributed by atoms with E-state index in [1.165, 1.54) is 4.90 Å². The van der Waals surface area contributed by atoms with Crippen LogP contribution in [0, 0.1) is 45.8 Å². The number of imide groups is 1. The van der Waals surface area contributed by atoms with E-state index in [1.54, 1.807) is 4.90 Å². The standard InChI is InChI=1S/C43H66N4O7/c1-7-11-28(38(52)32(49)20-26-14-15-26)21-31(48)37-29-16-17-43(18-19-43)30(29)24-47(37)39(53)36(27-12-9-8-10-13-27)45-40(54)44-33(41(2,3)4)25-46-34(50)22-42(5,6)23-35(46)51/h26-30,33,36-37H,7-25H2,1-6H3,(H2,44,45,54)/t28?,29-,30-,33+,36-,37-/m0/s1. The Kier molecular flexibility index (Phi) is 11.9. The van der Waals surface area contributed by atoms with Gasteiger partial charge >= 0.3 is 6.03 Å². The van der Waals surface area contributed by atoms with Crippen molar-refractivity contribution >= 4 is 41.1 Å². The van der Waals surface area contributed by atoms with Gasteiger partial charge in [0, 0.05) is 44.7 Å². The topological polar surface area (TPSA) is 150 Å². The summed E-state index contributed by atoms with van der Waals surface area (Å²) in [5.41, 5.74) is -0.752. The minimum Gasteiger partial charge on any atom is -0.333 e. The Morgan fingerprint density at radius 2 is 1.52 bits per heavy atom. The van der Waals surface area contributed by atoms with Crippen LogP contribution in [0.15, 0.2) is 0 Å². The third-order valence-electron chi connectivity index (χ3n) is 14.1. The molecule has 6 fully saturated rings. The van der Waals surface area contributed by atoms with Crippen molar-refractivity contribution in [2.45, 2.75) is 169 Å². The molecule has 11 nitrogen and oxygen atoms in total. The van der Waals surface area contributed by atoms with E-state index in [0.717, 1.165) is 70.6 Å². The summed E-state index contributed by atoms with van der Waals surface area (Å²) < 4.78 is 0. The van der Waals surface area contributed by atoms with Crippen molar-refractivity contribution in [3.8, 4) is 0 Å². The Hall–Kier alpha value is -3.11. The van der Waals surface area contributed by atoms with Crippen LogP contribution in [0.1, 0.15) is 151 Å². The highest BCUT2D eigenvalue weighted by atomic mass is 16.2. The number of carbonyl (C=O) groups excluding carboxylic acids is 7. The van der Waals surface area contributed by atoms with Crippen LogP contribution in [0.3, 0.4) is 0 Å². The molecule has 2 heterocycles. The van der Waals surface area contributed by atoms with Gasteiger partial charge in [-0.3, -0.25) is 33.7 Å². The van der Waals surface area contributed by atoms with Crippen molar-refractivity contribution in [3.63, 3.8) is 0 Å². The minimum absolute atomic E-state index is 0.0131. The van der Waals surface area contributed by atoms with Crippen LogP contribution in [0.4, 0.5) is 4.79 Å². The summed E-state index contributed by atoms with van der Waals surface area (Å²) in [5.74, 6) is -1.91. The summed E-state index contributed by atoms with van der Waals surface area (Å²) in [6.45, 7) is 12.2. The number of urea groups is 1. The molecular weight excluding hydrogens is 684 g/mol. The number of nitrogens with one attached hydrogen (secondary N) is 2. The first kappa shape index (κ1) is 40.6. The number of piperidine rings is 1. The molecule has 0 bridgehead atoms. The predicted molar refractivity (Wildman–Crippen MR) is 204 cm³/mol. The first-order valence-electron chi connectivity index (χ1n) is 21.2. The van der Waals surface area contributed by atoms with E-state index in [4.69, 9.17) is 0 Å². The van der Waals surface area contributed by atoms with Crippen molar-refractivity contribution in [1.82, 2.24) is 20.4 Å². The van der Waals surface area contributed by atoms with E-state index in [9.17, 15) is 33.6 Å². The number of ketones is 3. The molecule has 2 N–H and O–H groups in total. The third kappa shape index (κ3) is 8.96. The van der Waals surface area contributed by atoms with Gasteiger partial charge in [-0.05, 0) is 97.7 Å². The zero-order chi connectivity index (χ0) is 39.2. The van der Waals surface area contributed by atoms with Gasteiger partial charge in [0.1, 0.15) is 6.04 Å². The predicted octanol–water partition coefficient (Wildman–Crippen LogP) is 6.16. The summed E-state index contributed by atoms with van der Waals surface area (Å²) in [7, 11) is 0. The highest BCUT2D eigenvalue weighted by Gasteiger charge is 2.63. The lowest BCUT2D eigenvalue weighted by atomic mass is 9.80. The van der Waals surface area contributed by atoms with Crippen molar-refractivity contribution in [1.29, 1.82) is 0 Å². The first-order chi connectivity index (χ1) is 25.4.